The molecule has 0 bridgehead atoms. The number of imide groups is 1. The van der Waals surface area contributed by atoms with Crippen molar-refractivity contribution in [2.75, 3.05) is 5.32 Å². The molecule has 2 fully saturated rings. The summed E-state index contributed by atoms with van der Waals surface area (Å²) < 4.78 is 0. The molecule has 0 saturated carbocycles. The van der Waals surface area contributed by atoms with Gasteiger partial charge in [-0.3, -0.25) is 24.6 Å². The normalized spacial score (nSPS) is 32.3. The molecule has 150 valence electrons. The number of benzene rings is 1. The largest absolute Gasteiger partial charge is 0.323 e. The van der Waals surface area contributed by atoms with Crippen molar-refractivity contribution in [3.8, 4) is 0 Å². The number of nitrogens with zero attached hydrogens (tertiary/aromatic N) is 1. The van der Waals surface area contributed by atoms with Crippen LogP contribution < -0.4 is 10.6 Å². The summed E-state index contributed by atoms with van der Waals surface area (Å²) in [6.45, 7) is 7.99. The minimum Gasteiger partial charge on any atom is -0.323 e. The molecule has 3 heterocycles. The molecule has 0 radical (unpaired) electrons. The van der Waals surface area contributed by atoms with E-state index in [1.54, 1.807) is 12.1 Å². The molecule has 0 aliphatic carbocycles. The molecule has 3 unspecified atom stereocenters. The molecular weight excluding hydrogens is 378 g/mol. The predicted molar refractivity (Wildman–Crippen MR) is 107 cm³/mol. The summed E-state index contributed by atoms with van der Waals surface area (Å²) in [5.41, 5.74) is -0.0503. The molecule has 3 amide bonds. The first-order valence-electron chi connectivity index (χ1n) is 9.99. The molecule has 3 aliphatic heterocycles. The molecule has 7 heteroatoms. The van der Waals surface area contributed by atoms with Gasteiger partial charge in [0.05, 0.1) is 22.5 Å². The van der Waals surface area contributed by atoms with Gasteiger partial charge in [-0.15, -0.1) is 0 Å². The lowest BCUT2D eigenvalue weighted by atomic mass is 9.76. The van der Waals surface area contributed by atoms with Crippen LogP contribution in [-0.4, -0.2) is 34.7 Å². The van der Waals surface area contributed by atoms with E-state index in [9.17, 15) is 14.4 Å². The topological polar surface area (TPSA) is 78.5 Å². The second-order valence-electron chi connectivity index (χ2n) is 8.61. The second-order valence-corrected chi connectivity index (χ2v) is 9.02. The fourth-order valence-corrected chi connectivity index (χ4v) is 5.36. The highest BCUT2D eigenvalue weighted by atomic mass is 35.5. The van der Waals surface area contributed by atoms with Gasteiger partial charge in [0.15, 0.2) is 0 Å². The number of carbonyl (C=O) groups excluding carboxylic acids is 3. The molecule has 0 aromatic heterocycles. The summed E-state index contributed by atoms with van der Waals surface area (Å²) in [4.78, 5) is 41.5. The molecule has 1 spiro atoms. The number of nitrogens with one attached hydrogen (secondary N) is 2. The molecule has 6 nitrogen and oxygen atoms in total. The Hall–Kier alpha value is -1.92. The highest BCUT2D eigenvalue weighted by Crippen LogP contribution is 2.55. The standard InChI is InChI=1S/C21H26ClN3O3/c1-5-11(4)25-18(26)15-14(9-10(2)3)24-21(16(15)19(25)27)12-7-6-8-13(22)17(12)23-20(21)28/h6-8,10-11,14-16,24H,5,9H2,1-4H3,(H,23,28)/t11?,14?,15-,16+,21?/m0/s1. The third-order valence-corrected chi connectivity index (χ3v) is 6.81. The van der Waals surface area contributed by atoms with Crippen molar-refractivity contribution in [1.29, 1.82) is 0 Å². The second kappa shape index (κ2) is 6.56. The van der Waals surface area contributed by atoms with E-state index in [1.807, 2.05) is 19.9 Å². The van der Waals surface area contributed by atoms with E-state index in [1.165, 1.54) is 4.90 Å². The zero-order valence-electron chi connectivity index (χ0n) is 16.6. The van der Waals surface area contributed by atoms with E-state index in [2.05, 4.69) is 24.5 Å². The summed E-state index contributed by atoms with van der Waals surface area (Å²) in [5.74, 6) is -1.70. The maximum atomic E-state index is 13.5. The number of hydrogen-bond acceptors (Lipinski definition) is 4. The average molecular weight is 404 g/mol. The van der Waals surface area contributed by atoms with Crippen molar-refractivity contribution in [2.45, 2.75) is 58.2 Å². The van der Waals surface area contributed by atoms with Crippen LogP contribution in [-0.2, 0) is 19.9 Å². The Kier molecular flexibility index (Phi) is 4.55. The van der Waals surface area contributed by atoms with Crippen LogP contribution in [0.25, 0.3) is 0 Å². The molecule has 5 atom stereocenters. The van der Waals surface area contributed by atoms with Crippen molar-refractivity contribution < 1.29 is 14.4 Å². The van der Waals surface area contributed by atoms with Gasteiger partial charge in [0.2, 0.25) is 17.7 Å². The minimum atomic E-state index is -1.25. The van der Waals surface area contributed by atoms with Crippen LogP contribution in [0.4, 0.5) is 5.69 Å². The van der Waals surface area contributed by atoms with Gasteiger partial charge in [0, 0.05) is 17.6 Å². The number of rotatable bonds is 4. The maximum Gasteiger partial charge on any atom is 0.250 e. The van der Waals surface area contributed by atoms with Crippen LogP contribution in [0.2, 0.25) is 5.02 Å². The number of hydrogen-bond donors (Lipinski definition) is 2. The quantitative estimate of drug-likeness (QED) is 0.757. The summed E-state index contributed by atoms with van der Waals surface area (Å²) >= 11 is 6.32. The van der Waals surface area contributed by atoms with Crippen molar-refractivity contribution in [2.24, 2.45) is 17.8 Å². The number of halogens is 1. The van der Waals surface area contributed by atoms with Gasteiger partial charge >= 0.3 is 0 Å². The lowest BCUT2D eigenvalue weighted by Crippen LogP contribution is -2.54. The Bertz CT molecular complexity index is 870. The molecule has 1 aromatic carbocycles. The monoisotopic (exact) mass is 403 g/mol. The summed E-state index contributed by atoms with van der Waals surface area (Å²) in [5, 5.41) is 6.73. The van der Waals surface area contributed by atoms with Crippen LogP contribution in [0.15, 0.2) is 18.2 Å². The van der Waals surface area contributed by atoms with Gasteiger partial charge in [-0.25, -0.2) is 0 Å². The molecule has 28 heavy (non-hydrogen) atoms. The van der Waals surface area contributed by atoms with Gasteiger partial charge in [-0.2, -0.15) is 0 Å². The zero-order valence-corrected chi connectivity index (χ0v) is 17.3. The highest BCUT2D eigenvalue weighted by molar-refractivity contribution is 6.35. The SMILES string of the molecule is CCC(C)N1C(=O)[C@H]2C(CC(C)C)NC3(C(=O)Nc4c(Cl)cccc43)[C@H]2C1=O. The highest BCUT2D eigenvalue weighted by Gasteiger charge is 2.70. The van der Waals surface area contributed by atoms with Gasteiger partial charge in [-0.05, 0) is 31.7 Å². The number of carbonyl (C=O) groups is 3. The molecule has 4 rings (SSSR count). The van der Waals surface area contributed by atoms with Crippen molar-refractivity contribution >= 4 is 35.0 Å². The first-order chi connectivity index (χ1) is 13.2. The Morgan fingerprint density at radius 1 is 1.18 bits per heavy atom. The smallest absolute Gasteiger partial charge is 0.250 e. The van der Waals surface area contributed by atoms with E-state index in [4.69, 9.17) is 11.6 Å². The fourth-order valence-electron chi connectivity index (χ4n) is 5.14. The minimum absolute atomic E-state index is 0.164. The third kappa shape index (κ3) is 2.40. The van der Waals surface area contributed by atoms with E-state index in [-0.39, 0.29) is 29.8 Å². The maximum absolute atomic E-state index is 13.5. The van der Waals surface area contributed by atoms with E-state index in [0.29, 0.717) is 35.0 Å². The number of fused-ring (bicyclic) bond motifs is 4. The van der Waals surface area contributed by atoms with Crippen molar-refractivity contribution in [3.05, 3.63) is 28.8 Å². The zero-order chi connectivity index (χ0) is 20.4. The molecule has 3 aliphatic rings. The lowest BCUT2D eigenvalue weighted by Gasteiger charge is -2.31. The number of amides is 3. The Morgan fingerprint density at radius 2 is 1.89 bits per heavy atom. The molecule has 2 N–H and O–H groups in total. The summed E-state index contributed by atoms with van der Waals surface area (Å²) in [7, 11) is 0. The number of anilines is 1. The van der Waals surface area contributed by atoms with Crippen LogP contribution in [0.5, 0.6) is 0 Å². The van der Waals surface area contributed by atoms with Crippen LogP contribution in [0.1, 0.15) is 46.1 Å². The van der Waals surface area contributed by atoms with Gasteiger partial charge in [0.25, 0.3) is 0 Å². The van der Waals surface area contributed by atoms with Crippen molar-refractivity contribution in [1.82, 2.24) is 10.2 Å². The third-order valence-electron chi connectivity index (χ3n) is 6.49. The number of para-hydroxylation sites is 1. The van der Waals surface area contributed by atoms with Gasteiger partial charge in [-0.1, -0.05) is 44.5 Å². The molecule has 1 aromatic rings. The predicted octanol–water partition coefficient (Wildman–Crippen LogP) is 2.91. The van der Waals surface area contributed by atoms with Crippen LogP contribution in [0, 0.1) is 17.8 Å². The number of likely N-dealkylation sites (tertiary alicyclic amines) is 1. The summed E-state index contributed by atoms with van der Waals surface area (Å²) in [6, 6.07) is 4.88. The average Bonchev–Trinajstić information content (AvgIpc) is 3.21. The molecule has 2 saturated heterocycles. The lowest BCUT2D eigenvalue weighted by molar-refractivity contribution is -0.145. The van der Waals surface area contributed by atoms with Gasteiger partial charge in [0.1, 0.15) is 5.54 Å². The summed E-state index contributed by atoms with van der Waals surface area (Å²) in [6.07, 6.45) is 1.39. The van der Waals surface area contributed by atoms with Crippen LogP contribution >= 0.6 is 11.6 Å². The van der Waals surface area contributed by atoms with Gasteiger partial charge < -0.3 is 5.32 Å². The Morgan fingerprint density at radius 3 is 2.54 bits per heavy atom. The first kappa shape index (κ1) is 19.4. The Labute approximate surface area is 170 Å². The van der Waals surface area contributed by atoms with E-state index in [0.717, 1.165) is 0 Å². The van der Waals surface area contributed by atoms with E-state index >= 15 is 0 Å². The Balaban J connectivity index is 1.89. The first-order valence-corrected chi connectivity index (χ1v) is 10.4. The molecular formula is C21H26ClN3O3. The fraction of sp³-hybridized carbons (Fsp3) is 0.571. The van der Waals surface area contributed by atoms with Crippen LogP contribution in [0.3, 0.4) is 0 Å². The van der Waals surface area contributed by atoms with E-state index < -0.39 is 17.4 Å². The van der Waals surface area contributed by atoms with Crippen molar-refractivity contribution in [3.63, 3.8) is 0 Å².